The first-order valence-electron chi connectivity index (χ1n) is 7.49. The van der Waals surface area contributed by atoms with Gasteiger partial charge in [0.2, 0.25) is 0 Å². The topological polar surface area (TPSA) is 59.2 Å². The number of halogens is 1. The Bertz CT molecular complexity index is 502. The number of rotatable bonds is 4. The quantitative estimate of drug-likeness (QED) is 0.926. The third kappa shape index (κ3) is 3.79. The number of carbonyl (C=O) groups is 1. The molecule has 0 radical (unpaired) electrons. The van der Waals surface area contributed by atoms with E-state index in [0.717, 1.165) is 17.8 Å². The van der Waals surface area contributed by atoms with Crippen molar-refractivity contribution in [3.8, 4) is 0 Å². The highest BCUT2D eigenvalue weighted by atomic mass is 19.1. The lowest BCUT2D eigenvalue weighted by Gasteiger charge is -2.36. The molecule has 1 aliphatic heterocycles. The Morgan fingerprint density at radius 2 is 2.05 bits per heavy atom. The van der Waals surface area contributed by atoms with Crippen molar-refractivity contribution in [2.75, 3.05) is 18.8 Å². The van der Waals surface area contributed by atoms with Crippen LogP contribution in [-0.4, -0.2) is 34.4 Å². The molecule has 0 saturated carbocycles. The Hall–Kier alpha value is -1.49. The lowest BCUT2D eigenvalue weighted by Crippen LogP contribution is -2.47. The van der Waals surface area contributed by atoms with Crippen molar-refractivity contribution in [2.45, 2.75) is 45.8 Å². The molecular formula is C16H24FN3O. The number of Topliss-reactive ketones (excluding diaryl/α,β-unsaturated/α-hetero) is 1. The molecule has 1 aromatic heterocycles. The maximum Gasteiger partial charge on any atom is 0.172 e. The second kappa shape index (κ2) is 6.10. The first-order chi connectivity index (χ1) is 9.80. The van der Waals surface area contributed by atoms with E-state index in [1.165, 1.54) is 0 Å². The van der Waals surface area contributed by atoms with Crippen molar-refractivity contribution >= 4 is 11.6 Å². The van der Waals surface area contributed by atoms with Gasteiger partial charge in [-0.25, -0.2) is 9.37 Å². The van der Waals surface area contributed by atoms with Crippen LogP contribution < -0.4 is 5.73 Å². The highest BCUT2D eigenvalue weighted by Gasteiger charge is 2.42. The minimum Gasteiger partial charge on any atom is -0.384 e. The first-order valence-corrected chi connectivity index (χ1v) is 7.49. The van der Waals surface area contributed by atoms with Crippen LogP contribution in [0.2, 0.25) is 0 Å². The number of hydrogen-bond donors (Lipinski definition) is 1. The third-order valence-electron chi connectivity index (χ3n) is 4.05. The monoisotopic (exact) mass is 293 g/mol. The number of piperidine rings is 1. The van der Waals surface area contributed by atoms with Crippen molar-refractivity contribution in [1.29, 1.82) is 0 Å². The van der Waals surface area contributed by atoms with Gasteiger partial charge in [0.15, 0.2) is 11.5 Å². The smallest absolute Gasteiger partial charge is 0.172 e. The van der Waals surface area contributed by atoms with E-state index in [9.17, 15) is 9.18 Å². The van der Waals surface area contributed by atoms with Gasteiger partial charge in [0.1, 0.15) is 5.82 Å². The van der Waals surface area contributed by atoms with E-state index in [-0.39, 0.29) is 24.5 Å². The molecule has 1 aliphatic rings. The molecule has 1 saturated heterocycles. The molecule has 0 bridgehead atoms. The Labute approximate surface area is 125 Å². The number of aryl methyl sites for hydroxylation is 1. The summed E-state index contributed by atoms with van der Waals surface area (Å²) in [6.07, 6.45) is 0.563. The summed E-state index contributed by atoms with van der Waals surface area (Å²) in [5.74, 6) is 0.00665. The molecule has 0 unspecified atom stereocenters. The fraction of sp³-hybridized carbons (Fsp3) is 0.625. The molecule has 0 aromatic carbocycles. The van der Waals surface area contributed by atoms with Gasteiger partial charge in [-0.1, -0.05) is 13.8 Å². The number of anilines is 1. The molecular weight excluding hydrogens is 269 g/mol. The van der Waals surface area contributed by atoms with Crippen molar-refractivity contribution < 1.29 is 9.18 Å². The van der Waals surface area contributed by atoms with E-state index in [2.05, 4.69) is 9.88 Å². The largest absolute Gasteiger partial charge is 0.384 e. The second-order valence-electron chi connectivity index (χ2n) is 6.30. The zero-order valence-corrected chi connectivity index (χ0v) is 13.0. The minimum absolute atomic E-state index is 0.246. The van der Waals surface area contributed by atoms with Gasteiger partial charge in [-0.05, 0) is 24.6 Å². The van der Waals surface area contributed by atoms with Crippen LogP contribution in [0.1, 0.15) is 37.9 Å². The SMILES string of the molecule is Cc1cc(CN2CCC(F)(C(=O)C(C)C)CC2)cc(N)n1. The number of nitrogen functional groups attached to an aromatic ring is 1. The fourth-order valence-corrected chi connectivity index (χ4v) is 2.95. The van der Waals surface area contributed by atoms with Crippen molar-refractivity contribution in [3.05, 3.63) is 23.4 Å². The average molecular weight is 293 g/mol. The number of likely N-dealkylation sites (tertiary alicyclic amines) is 1. The summed E-state index contributed by atoms with van der Waals surface area (Å²) < 4.78 is 14.7. The Morgan fingerprint density at radius 1 is 1.43 bits per heavy atom. The molecule has 4 nitrogen and oxygen atoms in total. The van der Waals surface area contributed by atoms with Gasteiger partial charge in [-0.15, -0.1) is 0 Å². The maximum absolute atomic E-state index is 14.7. The van der Waals surface area contributed by atoms with Crippen molar-refractivity contribution in [1.82, 2.24) is 9.88 Å². The van der Waals surface area contributed by atoms with E-state index in [0.29, 0.717) is 18.9 Å². The second-order valence-corrected chi connectivity index (χ2v) is 6.30. The summed E-state index contributed by atoms with van der Waals surface area (Å²) >= 11 is 0. The molecule has 0 atom stereocenters. The summed E-state index contributed by atoms with van der Waals surface area (Å²) in [7, 11) is 0. The van der Waals surface area contributed by atoms with E-state index in [1.54, 1.807) is 13.8 Å². The number of hydrogen-bond acceptors (Lipinski definition) is 4. The number of alkyl halides is 1. The third-order valence-corrected chi connectivity index (χ3v) is 4.05. The standard InChI is InChI=1S/C16H24FN3O/c1-11(2)15(21)16(17)4-6-20(7-5-16)10-13-8-12(3)19-14(18)9-13/h8-9,11H,4-7,10H2,1-3H3,(H2,18,19). The maximum atomic E-state index is 14.7. The van der Waals surface area contributed by atoms with Crippen LogP contribution in [0, 0.1) is 12.8 Å². The summed E-state index contributed by atoms with van der Waals surface area (Å²) in [5, 5.41) is 0. The van der Waals surface area contributed by atoms with Crippen LogP contribution in [0.25, 0.3) is 0 Å². The van der Waals surface area contributed by atoms with Crippen LogP contribution >= 0.6 is 0 Å². The van der Waals surface area contributed by atoms with Crippen LogP contribution in [0.15, 0.2) is 12.1 Å². The number of nitrogens with zero attached hydrogens (tertiary/aromatic N) is 2. The van der Waals surface area contributed by atoms with Gasteiger partial charge in [0, 0.05) is 44.1 Å². The lowest BCUT2D eigenvalue weighted by atomic mass is 9.84. The molecule has 1 aromatic rings. The van der Waals surface area contributed by atoms with E-state index >= 15 is 0 Å². The lowest BCUT2D eigenvalue weighted by molar-refractivity contribution is -0.137. The molecule has 116 valence electrons. The summed E-state index contributed by atoms with van der Waals surface area (Å²) in [5.41, 5.74) is 6.08. The van der Waals surface area contributed by atoms with Gasteiger partial charge < -0.3 is 5.73 Å². The van der Waals surface area contributed by atoms with Crippen LogP contribution in [0.3, 0.4) is 0 Å². The predicted octanol–water partition coefficient (Wildman–Crippen LogP) is 2.50. The Balaban J connectivity index is 1.96. The van der Waals surface area contributed by atoms with Gasteiger partial charge in [-0.2, -0.15) is 0 Å². The van der Waals surface area contributed by atoms with Crippen molar-refractivity contribution in [3.63, 3.8) is 0 Å². The fourth-order valence-electron chi connectivity index (χ4n) is 2.95. The molecule has 2 rings (SSSR count). The molecule has 0 spiro atoms. The number of carbonyl (C=O) groups excluding carboxylic acids is 1. The van der Waals surface area contributed by atoms with Crippen LogP contribution in [0.5, 0.6) is 0 Å². The molecule has 5 heteroatoms. The zero-order chi connectivity index (χ0) is 15.6. The highest BCUT2D eigenvalue weighted by molar-refractivity contribution is 5.88. The predicted molar refractivity (Wildman–Crippen MR) is 81.6 cm³/mol. The molecule has 2 N–H and O–H groups in total. The molecule has 21 heavy (non-hydrogen) atoms. The average Bonchev–Trinajstić information content (AvgIpc) is 2.39. The molecule has 2 heterocycles. The minimum atomic E-state index is -1.64. The molecule has 0 aliphatic carbocycles. The molecule has 0 amide bonds. The van der Waals surface area contributed by atoms with E-state index < -0.39 is 5.67 Å². The Kier molecular flexibility index (Phi) is 4.61. The zero-order valence-electron chi connectivity index (χ0n) is 13.0. The Morgan fingerprint density at radius 3 is 2.57 bits per heavy atom. The van der Waals surface area contributed by atoms with Gasteiger partial charge in [0.05, 0.1) is 0 Å². The summed E-state index contributed by atoms with van der Waals surface area (Å²) in [4.78, 5) is 18.3. The number of pyridine rings is 1. The number of aromatic nitrogens is 1. The number of nitrogens with two attached hydrogens (primary N) is 1. The summed E-state index contributed by atoms with van der Waals surface area (Å²) in [6, 6.07) is 3.84. The van der Waals surface area contributed by atoms with E-state index in [4.69, 9.17) is 5.73 Å². The first kappa shape index (κ1) is 15.9. The van der Waals surface area contributed by atoms with Crippen LogP contribution in [0.4, 0.5) is 10.2 Å². The van der Waals surface area contributed by atoms with Gasteiger partial charge in [0.25, 0.3) is 0 Å². The van der Waals surface area contributed by atoms with Gasteiger partial charge in [-0.3, -0.25) is 9.69 Å². The normalized spacial score (nSPS) is 18.9. The number of ketones is 1. The summed E-state index contributed by atoms with van der Waals surface area (Å²) in [6.45, 7) is 7.34. The van der Waals surface area contributed by atoms with Crippen molar-refractivity contribution in [2.24, 2.45) is 5.92 Å². The van der Waals surface area contributed by atoms with E-state index in [1.807, 2.05) is 19.1 Å². The van der Waals surface area contributed by atoms with Crippen LogP contribution in [-0.2, 0) is 11.3 Å². The molecule has 1 fully saturated rings. The highest BCUT2D eigenvalue weighted by Crippen LogP contribution is 2.30. The van der Waals surface area contributed by atoms with Gasteiger partial charge >= 0.3 is 0 Å².